The molecule has 0 aromatic heterocycles. The Morgan fingerprint density at radius 2 is 2.30 bits per heavy atom. The van der Waals surface area contributed by atoms with Crippen LogP contribution in [-0.2, 0) is 15.7 Å². The van der Waals surface area contributed by atoms with Crippen LogP contribution in [0.15, 0.2) is 24.8 Å². The number of ether oxygens (including phenoxy) is 1. The lowest BCUT2D eigenvalue weighted by atomic mass is 9.76. The molecule has 0 saturated carbocycles. The second-order valence-electron chi connectivity index (χ2n) is 5.85. The van der Waals surface area contributed by atoms with E-state index in [1.165, 1.54) is 5.56 Å². The summed E-state index contributed by atoms with van der Waals surface area (Å²) in [7, 11) is 1.51. The van der Waals surface area contributed by atoms with Crippen molar-refractivity contribution in [2.24, 2.45) is 0 Å². The summed E-state index contributed by atoms with van der Waals surface area (Å²) >= 11 is 0. The maximum Gasteiger partial charge on any atom is 0.500 e. The van der Waals surface area contributed by atoms with Gasteiger partial charge in [0.25, 0.3) is 0 Å². The first-order valence-corrected chi connectivity index (χ1v) is 6.95. The normalized spacial score (nSPS) is 22.9. The van der Waals surface area contributed by atoms with E-state index in [9.17, 15) is 0 Å². The Labute approximate surface area is 120 Å². The minimum absolute atomic E-state index is 0.164. The average molecular weight is 273 g/mol. The molecular weight excluding hydrogens is 253 g/mol. The van der Waals surface area contributed by atoms with E-state index in [1.54, 1.807) is 0 Å². The first-order chi connectivity index (χ1) is 9.55. The Bertz CT molecular complexity index is 544. The van der Waals surface area contributed by atoms with Crippen LogP contribution in [-0.4, -0.2) is 26.4 Å². The van der Waals surface area contributed by atoms with Gasteiger partial charge in [0, 0.05) is 11.0 Å². The van der Waals surface area contributed by atoms with Crippen LogP contribution in [0.5, 0.6) is 5.75 Å². The van der Waals surface area contributed by atoms with E-state index in [2.05, 4.69) is 18.0 Å². The molecule has 4 nitrogen and oxygen atoms in total. The van der Waals surface area contributed by atoms with E-state index in [4.69, 9.17) is 14.0 Å². The third-order valence-corrected chi connectivity index (χ3v) is 3.72. The van der Waals surface area contributed by atoms with Crippen molar-refractivity contribution in [2.45, 2.75) is 32.1 Å². The van der Waals surface area contributed by atoms with Crippen LogP contribution in [0.25, 0.3) is 0 Å². The van der Waals surface area contributed by atoms with Crippen molar-refractivity contribution in [1.29, 1.82) is 0 Å². The Hall–Kier alpha value is -1.30. The second-order valence-corrected chi connectivity index (χ2v) is 5.85. The van der Waals surface area contributed by atoms with Gasteiger partial charge in [0.05, 0.1) is 5.60 Å². The third-order valence-electron chi connectivity index (χ3n) is 3.72. The van der Waals surface area contributed by atoms with Crippen LogP contribution in [0.2, 0.25) is 0 Å². The summed E-state index contributed by atoms with van der Waals surface area (Å²) in [6, 6.07) is 4.10. The predicted octanol–water partition coefficient (Wildman–Crippen LogP) is 1.55. The fourth-order valence-corrected chi connectivity index (χ4v) is 2.81. The van der Waals surface area contributed by atoms with Gasteiger partial charge in [-0.1, -0.05) is 12.1 Å². The molecule has 20 heavy (non-hydrogen) atoms. The number of benzene rings is 1. The predicted molar refractivity (Wildman–Crippen MR) is 79.3 cm³/mol. The molecular formula is C15H20BNO3. The molecule has 1 aromatic carbocycles. The van der Waals surface area contributed by atoms with Crippen LogP contribution in [0.1, 0.15) is 31.2 Å². The maximum absolute atomic E-state index is 6.08. The van der Waals surface area contributed by atoms with Crippen LogP contribution in [0, 0.1) is 0 Å². The van der Waals surface area contributed by atoms with Gasteiger partial charge in [0.15, 0.2) is 0 Å². The molecule has 5 heteroatoms. The number of hydrogen-bond donors (Lipinski definition) is 1. The van der Waals surface area contributed by atoms with Gasteiger partial charge in [-0.15, -0.1) is 6.58 Å². The highest BCUT2D eigenvalue weighted by molar-refractivity contribution is 6.64. The summed E-state index contributed by atoms with van der Waals surface area (Å²) in [5.74, 6) is 0.862. The highest BCUT2D eigenvalue weighted by Crippen LogP contribution is 2.34. The van der Waals surface area contributed by atoms with Crippen molar-refractivity contribution in [3.63, 3.8) is 0 Å². The fraction of sp³-hybridized carbons (Fsp3) is 0.467. The average Bonchev–Trinajstić information content (AvgIpc) is 2.70. The van der Waals surface area contributed by atoms with E-state index >= 15 is 0 Å². The zero-order valence-corrected chi connectivity index (χ0v) is 12.2. The minimum Gasteiger partial charge on any atom is -0.491 e. The van der Waals surface area contributed by atoms with Crippen LogP contribution in [0.3, 0.4) is 0 Å². The molecule has 0 fully saturated rings. The summed E-state index contributed by atoms with van der Waals surface area (Å²) in [6.45, 7) is 8.37. The van der Waals surface area contributed by atoms with Gasteiger partial charge in [0.1, 0.15) is 18.6 Å². The van der Waals surface area contributed by atoms with Gasteiger partial charge in [0.2, 0.25) is 0 Å². The summed E-state index contributed by atoms with van der Waals surface area (Å²) in [5.41, 5.74) is 2.98. The summed E-state index contributed by atoms with van der Waals surface area (Å²) < 4.78 is 18.0. The van der Waals surface area contributed by atoms with Crippen LogP contribution >= 0.6 is 0 Å². The molecule has 0 spiro atoms. The van der Waals surface area contributed by atoms with E-state index in [0.29, 0.717) is 6.61 Å². The van der Waals surface area contributed by atoms with Gasteiger partial charge in [-0.3, -0.25) is 5.32 Å². The number of nitrogens with one attached hydrogen (secondary N) is 1. The molecule has 1 N–H and O–H groups in total. The smallest absolute Gasteiger partial charge is 0.491 e. The SMILES string of the molecule is C=CCc1ccc2c3c1[C@@H](NC)OB3OC(C)(C)CO2. The zero-order chi connectivity index (χ0) is 14.3. The maximum atomic E-state index is 6.08. The van der Waals surface area contributed by atoms with Crippen molar-refractivity contribution in [1.82, 2.24) is 5.32 Å². The first-order valence-electron chi connectivity index (χ1n) is 6.95. The molecule has 106 valence electrons. The molecule has 0 radical (unpaired) electrons. The largest absolute Gasteiger partial charge is 0.500 e. The molecule has 3 rings (SSSR count). The Balaban J connectivity index is 2.12. The highest BCUT2D eigenvalue weighted by atomic mass is 16.6. The molecule has 2 heterocycles. The zero-order valence-electron chi connectivity index (χ0n) is 12.2. The molecule has 0 bridgehead atoms. The lowest BCUT2D eigenvalue weighted by Gasteiger charge is -2.25. The summed E-state index contributed by atoms with van der Waals surface area (Å²) in [5, 5.41) is 3.19. The second kappa shape index (κ2) is 4.92. The number of allylic oxidation sites excluding steroid dienone is 1. The Morgan fingerprint density at radius 1 is 1.50 bits per heavy atom. The quantitative estimate of drug-likeness (QED) is 0.670. The van der Waals surface area contributed by atoms with E-state index in [0.717, 1.165) is 23.2 Å². The van der Waals surface area contributed by atoms with Crippen LogP contribution in [0.4, 0.5) is 0 Å². The molecule has 1 atom stereocenters. The molecule has 0 saturated heterocycles. The van der Waals surface area contributed by atoms with Gasteiger partial charge in [-0.25, -0.2) is 0 Å². The van der Waals surface area contributed by atoms with Gasteiger partial charge < -0.3 is 14.0 Å². The molecule has 0 aliphatic carbocycles. The van der Waals surface area contributed by atoms with Gasteiger partial charge in [-0.2, -0.15) is 0 Å². The Kier molecular flexibility index (Phi) is 3.36. The van der Waals surface area contributed by atoms with Crippen molar-refractivity contribution >= 4 is 12.6 Å². The fourth-order valence-electron chi connectivity index (χ4n) is 2.81. The van der Waals surface area contributed by atoms with Crippen molar-refractivity contribution in [3.8, 4) is 5.75 Å². The lowest BCUT2D eigenvalue weighted by Crippen LogP contribution is -2.40. The molecule has 0 unspecified atom stereocenters. The minimum atomic E-state index is -0.375. The van der Waals surface area contributed by atoms with E-state index in [1.807, 2.05) is 33.0 Å². The van der Waals surface area contributed by atoms with Crippen molar-refractivity contribution in [3.05, 3.63) is 35.9 Å². The van der Waals surface area contributed by atoms with Crippen molar-refractivity contribution < 1.29 is 14.0 Å². The van der Waals surface area contributed by atoms with E-state index < -0.39 is 0 Å². The molecule has 0 amide bonds. The Morgan fingerprint density at radius 3 is 3.00 bits per heavy atom. The number of rotatable bonds is 3. The van der Waals surface area contributed by atoms with Gasteiger partial charge in [-0.05, 0) is 38.9 Å². The molecule has 1 aromatic rings. The summed E-state index contributed by atoms with van der Waals surface area (Å²) in [6.07, 6.45) is 2.54. The molecule has 2 aliphatic rings. The molecule has 2 aliphatic heterocycles. The van der Waals surface area contributed by atoms with Gasteiger partial charge >= 0.3 is 7.12 Å². The highest BCUT2D eigenvalue weighted by Gasteiger charge is 2.46. The standard InChI is InChI=1S/C15H20BNO3/c1-5-6-10-7-8-11-13-12(10)14(17-4)19-16(13)20-15(2,3)9-18-11/h5,7-8,14,17H,1,6,9H2,2-4H3/t14-/m0/s1. The third kappa shape index (κ3) is 2.16. The topological polar surface area (TPSA) is 39.7 Å². The monoisotopic (exact) mass is 273 g/mol. The number of hydrogen-bond acceptors (Lipinski definition) is 4. The van der Waals surface area contributed by atoms with Crippen molar-refractivity contribution in [2.75, 3.05) is 13.7 Å². The van der Waals surface area contributed by atoms with E-state index in [-0.39, 0.29) is 18.9 Å². The van der Waals surface area contributed by atoms with Crippen LogP contribution < -0.4 is 15.5 Å². The lowest BCUT2D eigenvalue weighted by molar-refractivity contribution is 0.0239. The first kappa shape index (κ1) is 13.7. The summed E-state index contributed by atoms with van der Waals surface area (Å²) in [4.78, 5) is 0.